The summed E-state index contributed by atoms with van der Waals surface area (Å²) in [6, 6.07) is 6.69. The molecule has 6 heteroatoms. The lowest BCUT2D eigenvalue weighted by molar-refractivity contribution is -0.137. The fourth-order valence-corrected chi connectivity index (χ4v) is 1.77. The lowest BCUT2D eigenvalue weighted by Gasteiger charge is -2.13. The van der Waals surface area contributed by atoms with Crippen LogP contribution in [0.3, 0.4) is 0 Å². The van der Waals surface area contributed by atoms with Gasteiger partial charge in [-0.1, -0.05) is 22.0 Å². The number of anilines is 1. The molecule has 98 valence electrons. The summed E-state index contributed by atoms with van der Waals surface area (Å²) < 4.78 is 0.874. The molecule has 1 rings (SSSR count). The van der Waals surface area contributed by atoms with E-state index in [-0.39, 0.29) is 18.5 Å². The van der Waals surface area contributed by atoms with Crippen LogP contribution in [-0.4, -0.2) is 23.1 Å². The summed E-state index contributed by atoms with van der Waals surface area (Å²) >= 11 is 3.31. The van der Waals surface area contributed by atoms with Gasteiger partial charge in [-0.2, -0.15) is 0 Å². The van der Waals surface area contributed by atoms with Crippen molar-refractivity contribution in [3.05, 3.63) is 28.7 Å². The van der Waals surface area contributed by atoms with E-state index in [1.807, 2.05) is 12.1 Å². The molecule has 1 aromatic carbocycles. The summed E-state index contributed by atoms with van der Waals surface area (Å²) in [6.45, 7) is 1.77. The van der Waals surface area contributed by atoms with Gasteiger partial charge in [0, 0.05) is 22.6 Å². The Morgan fingerprint density at radius 2 is 2.17 bits per heavy atom. The third-order valence-corrected chi connectivity index (χ3v) is 2.74. The number of benzene rings is 1. The van der Waals surface area contributed by atoms with Crippen molar-refractivity contribution in [2.24, 2.45) is 0 Å². The lowest BCUT2D eigenvalue weighted by Crippen LogP contribution is -2.36. The van der Waals surface area contributed by atoms with Crippen molar-refractivity contribution < 1.29 is 14.7 Å². The third kappa shape index (κ3) is 5.67. The highest BCUT2D eigenvalue weighted by Gasteiger charge is 2.09. The predicted molar refractivity (Wildman–Crippen MR) is 72.6 cm³/mol. The van der Waals surface area contributed by atoms with Crippen LogP contribution in [0.15, 0.2) is 28.7 Å². The van der Waals surface area contributed by atoms with E-state index < -0.39 is 5.97 Å². The minimum Gasteiger partial charge on any atom is -0.481 e. The van der Waals surface area contributed by atoms with Crippen LogP contribution in [0.1, 0.15) is 19.8 Å². The molecule has 1 aromatic rings. The topological polar surface area (TPSA) is 78.4 Å². The van der Waals surface area contributed by atoms with Gasteiger partial charge in [0.25, 0.3) is 0 Å². The lowest BCUT2D eigenvalue weighted by atomic mass is 10.2. The fraction of sp³-hybridized carbons (Fsp3) is 0.333. The first-order valence-electron chi connectivity index (χ1n) is 5.52. The molecule has 0 spiro atoms. The summed E-state index contributed by atoms with van der Waals surface area (Å²) in [5.41, 5.74) is 0.673. The number of carboxylic acids is 1. The third-order valence-electron chi connectivity index (χ3n) is 2.25. The second kappa shape index (κ2) is 7.00. The van der Waals surface area contributed by atoms with Crippen molar-refractivity contribution in [3.63, 3.8) is 0 Å². The maximum absolute atomic E-state index is 11.6. The SMILES string of the molecule is CC(CCC(=O)O)NC(=O)Nc1cccc(Br)c1. The highest BCUT2D eigenvalue weighted by Crippen LogP contribution is 2.15. The van der Waals surface area contributed by atoms with Gasteiger partial charge in [0.05, 0.1) is 0 Å². The van der Waals surface area contributed by atoms with Crippen LogP contribution in [0.2, 0.25) is 0 Å². The Morgan fingerprint density at radius 1 is 1.44 bits per heavy atom. The van der Waals surface area contributed by atoms with E-state index in [9.17, 15) is 9.59 Å². The van der Waals surface area contributed by atoms with Crippen LogP contribution in [-0.2, 0) is 4.79 Å². The summed E-state index contributed by atoms with van der Waals surface area (Å²) in [4.78, 5) is 22.0. The van der Waals surface area contributed by atoms with Crippen molar-refractivity contribution in [2.45, 2.75) is 25.8 Å². The first kappa shape index (κ1) is 14.5. The molecule has 18 heavy (non-hydrogen) atoms. The second-order valence-electron chi connectivity index (χ2n) is 3.94. The van der Waals surface area contributed by atoms with Gasteiger partial charge >= 0.3 is 12.0 Å². The Hall–Kier alpha value is -1.56. The number of carbonyl (C=O) groups is 2. The van der Waals surface area contributed by atoms with Gasteiger partial charge in [-0.15, -0.1) is 0 Å². The van der Waals surface area contributed by atoms with Gasteiger partial charge in [-0.3, -0.25) is 4.79 Å². The highest BCUT2D eigenvalue weighted by atomic mass is 79.9. The molecule has 2 amide bonds. The Kier molecular flexibility index (Phi) is 5.64. The van der Waals surface area contributed by atoms with Crippen molar-refractivity contribution in [1.29, 1.82) is 0 Å². The molecule has 1 atom stereocenters. The molecule has 0 aliphatic carbocycles. The first-order chi connectivity index (χ1) is 8.47. The normalized spacial score (nSPS) is 11.7. The molecule has 0 fully saturated rings. The molecular weight excluding hydrogens is 300 g/mol. The predicted octanol–water partition coefficient (Wildman–Crippen LogP) is 2.82. The smallest absolute Gasteiger partial charge is 0.319 e. The summed E-state index contributed by atoms with van der Waals surface area (Å²) in [7, 11) is 0. The number of carbonyl (C=O) groups excluding carboxylic acids is 1. The standard InChI is InChI=1S/C12H15BrN2O3/c1-8(5-6-11(16)17)14-12(18)15-10-4-2-3-9(13)7-10/h2-4,7-8H,5-6H2,1H3,(H,16,17)(H2,14,15,18). The highest BCUT2D eigenvalue weighted by molar-refractivity contribution is 9.10. The van der Waals surface area contributed by atoms with Crippen LogP contribution >= 0.6 is 15.9 Å². The molecule has 0 saturated carbocycles. The first-order valence-corrected chi connectivity index (χ1v) is 6.31. The van der Waals surface area contributed by atoms with Gasteiger partial charge in [-0.05, 0) is 31.5 Å². The number of amides is 2. The molecule has 0 aromatic heterocycles. The minimum atomic E-state index is -0.865. The van der Waals surface area contributed by atoms with Crippen molar-refractivity contribution in [2.75, 3.05) is 5.32 Å². The van der Waals surface area contributed by atoms with E-state index in [2.05, 4.69) is 26.6 Å². The zero-order chi connectivity index (χ0) is 13.5. The van der Waals surface area contributed by atoms with Crippen molar-refractivity contribution in [3.8, 4) is 0 Å². The fourth-order valence-electron chi connectivity index (χ4n) is 1.37. The summed E-state index contributed by atoms with van der Waals surface area (Å²) in [6.07, 6.45) is 0.444. The van der Waals surface area contributed by atoms with E-state index in [1.54, 1.807) is 19.1 Å². The van der Waals surface area contributed by atoms with Crippen molar-refractivity contribution in [1.82, 2.24) is 5.32 Å². The molecule has 0 radical (unpaired) electrons. The van der Waals surface area contributed by atoms with E-state index >= 15 is 0 Å². The zero-order valence-electron chi connectivity index (χ0n) is 9.94. The second-order valence-corrected chi connectivity index (χ2v) is 4.86. The van der Waals surface area contributed by atoms with Gasteiger partial charge in [-0.25, -0.2) is 4.79 Å². The summed E-state index contributed by atoms with van der Waals surface area (Å²) in [5.74, 6) is -0.865. The Bertz CT molecular complexity index is 437. The number of rotatable bonds is 5. The van der Waals surface area contributed by atoms with Crippen LogP contribution in [0.5, 0.6) is 0 Å². The summed E-state index contributed by atoms with van der Waals surface area (Å²) in [5, 5.41) is 13.9. The van der Waals surface area contributed by atoms with Crippen LogP contribution in [0.25, 0.3) is 0 Å². The van der Waals surface area contributed by atoms with Crippen LogP contribution in [0, 0.1) is 0 Å². The van der Waals surface area contributed by atoms with Gasteiger partial charge < -0.3 is 15.7 Å². The Balaban J connectivity index is 2.39. The molecular formula is C12H15BrN2O3. The average Bonchev–Trinajstić information content (AvgIpc) is 2.26. The van der Waals surface area contributed by atoms with Crippen LogP contribution in [0.4, 0.5) is 10.5 Å². The molecule has 3 N–H and O–H groups in total. The molecule has 0 bridgehead atoms. The quantitative estimate of drug-likeness (QED) is 0.782. The average molecular weight is 315 g/mol. The van der Waals surface area contributed by atoms with E-state index in [0.717, 1.165) is 4.47 Å². The van der Waals surface area contributed by atoms with Gasteiger partial charge in [0.1, 0.15) is 0 Å². The molecule has 0 saturated heterocycles. The van der Waals surface area contributed by atoms with E-state index in [4.69, 9.17) is 5.11 Å². The maximum atomic E-state index is 11.6. The number of urea groups is 1. The van der Waals surface area contributed by atoms with Crippen molar-refractivity contribution >= 4 is 33.6 Å². The number of nitrogens with one attached hydrogen (secondary N) is 2. The van der Waals surface area contributed by atoms with Gasteiger partial charge in [0.2, 0.25) is 0 Å². The molecule has 0 aliphatic heterocycles. The largest absolute Gasteiger partial charge is 0.481 e. The molecule has 1 unspecified atom stereocenters. The Morgan fingerprint density at radius 3 is 2.78 bits per heavy atom. The molecule has 0 heterocycles. The zero-order valence-corrected chi connectivity index (χ0v) is 11.5. The van der Waals surface area contributed by atoms with Gasteiger partial charge in [0.15, 0.2) is 0 Å². The van der Waals surface area contributed by atoms with Crippen LogP contribution < -0.4 is 10.6 Å². The number of aliphatic carboxylic acids is 1. The number of hydrogen-bond acceptors (Lipinski definition) is 2. The molecule has 0 aliphatic rings. The molecule has 5 nitrogen and oxygen atoms in total. The maximum Gasteiger partial charge on any atom is 0.319 e. The monoisotopic (exact) mass is 314 g/mol. The number of hydrogen-bond donors (Lipinski definition) is 3. The Labute approximate surface area is 114 Å². The number of carboxylic acid groups (broad SMARTS) is 1. The number of halogens is 1. The van der Waals surface area contributed by atoms with E-state index in [0.29, 0.717) is 12.1 Å². The minimum absolute atomic E-state index is 0.0400. The van der Waals surface area contributed by atoms with E-state index in [1.165, 1.54) is 0 Å².